The summed E-state index contributed by atoms with van der Waals surface area (Å²) in [7, 11) is 1.31. The molecule has 0 bridgehead atoms. The highest BCUT2D eigenvalue weighted by Gasteiger charge is 2.17. The van der Waals surface area contributed by atoms with Crippen molar-refractivity contribution in [2.75, 3.05) is 5.32 Å². The topological polar surface area (TPSA) is 90.2 Å². The molecular formula is C26H24ClN3O4. The SMILES string of the molecule is CC(=O)c1ccc(C#CCn2c(Cl)c(NC(=O)CCc3ccc(C)cc3)c(=O)n(C)c2=O)cc1. The normalized spacial score (nSPS) is 10.4. The Bertz CT molecular complexity index is 1410. The number of nitrogens with one attached hydrogen (secondary N) is 1. The summed E-state index contributed by atoms with van der Waals surface area (Å²) in [5.74, 6) is 5.31. The summed E-state index contributed by atoms with van der Waals surface area (Å²) in [6, 6.07) is 14.6. The second kappa shape index (κ2) is 10.8. The molecule has 1 aromatic heterocycles. The number of Topliss-reactive ketones (excluding diaryl/α,β-unsaturated/α-hetero) is 1. The van der Waals surface area contributed by atoms with E-state index >= 15 is 0 Å². The molecular weight excluding hydrogens is 454 g/mol. The van der Waals surface area contributed by atoms with Crippen LogP contribution in [0.1, 0.15) is 40.4 Å². The van der Waals surface area contributed by atoms with Crippen molar-refractivity contribution in [1.82, 2.24) is 9.13 Å². The van der Waals surface area contributed by atoms with Crippen molar-refractivity contribution in [3.8, 4) is 11.8 Å². The number of amides is 1. The minimum absolute atomic E-state index is 0.0449. The molecule has 0 saturated carbocycles. The van der Waals surface area contributed by atoms with Gasteiger partial charge in [0.2, 0.25) is 5.91 Å². The fourth-order valence-corrected chi connectivity index (χ4v) is 3.47. The molecule has 3 aromatic rings. The summed E-state index contributed by atoms with van der Waals surface area (Å²) in [6.07, 6.45) is 0.648. The molecule has 1 heterocycles. The molecule has 0 fully saturated rings. The Morgan fingerprint density at radius 1 is 1.03 bits per heavy atom. The predicted octanol–water partition coefficient (Wildman–Crippen LogP) is 3.33. The van der Waals surface area contributed by atoms with Crippen molar-refractivity contribution < 1.29 is 9.59 Å². The third-order valence-electron chi connectivity index (χ3n) is 5.27. The highest BCUT2D eigenvalue weighted by molar-refractivity contribution is 6.32. The second-order valence-electron chi connectivity index (χ2n) is 7.87. The first-order valence-electron chi connectivity index (χ1n) is 10.6. The summed E-state index contributed by atoms with van der Waals surface area (Å²) in [5.41, 5.74) is 1.86. The van der Waals surface area contributed by atoms with Crippen molar-refractivity contribution in [2.24, 2.45) is 7.05 Å². The van der Waals surface area contributed by atoms with E-state index in [4.69, 9.17) is 11.6 Å². The average Bonchev–Trinajstić information content (AvgIpc) is 2.82. The van der Waals surface area contributed by atoms with E-state index in [0.29, 0.717) is 17.5 Å². The van der Waals surface area contributed by atoms with Crippen molar-refractivity contribution in [3.05, 3.63) is 96.8 Å². The molecule has 2 aromatic carbocycles. The van der Waals surface area contributed by atoms with Crippen LogP contribution in [-0.2, 0) is 24.8 Å². The zero-order chi connectivity index (χ0) is 24.8. The van der Waals surface area contributed by atoms with Crippen LogP contribution in [0.3, 0.4) is 0 Å². The van der Waals surface area contributed by atoms with Gasteiger partial charge in [0.15, 0.2) is 5.78 Å². The van der Waals surface area contributed by atoms with Gasteiger partial charge in [-0.15, -0.1) is 0 Å². The van der Waals surface area contributed by atoms with Crippen LogP contribution in [0.25, 0.3) is 0 Å². The number of nitrogens with zero attached hydrogens (tertiary/aromatic N) is 2. The highest BCUT2D eigenvalue weighted by atomic mass is 35.5. The maximum Gasteiger partial charge on any atom is 0.332 e. The summed E-state index contributed by atoms with van der Waals surface area (Å²) >= 11 is 6.34. The Kier molecular flexibility index (Phi) is 7.87. The number of hydrogen-bond donors (Lipinski definition) is 1. The van der Waals surface area contributed by atoms with Crippen LogP contribution < -0.4 is 16.6 Å². The van der Waals surface area contributed by atoms with Crippen LogP contribution in [0, 0.1) is 18.8 Å². The number of anilines is 1. The van der Waals surface area contributed by atoms with Crippen LogP contribution >= 0.6 is 11.6 Å². The number of carbonyl (C=O) groups is 2. The maximum absolute atomic E-state index is 12.6. The monoisotopic (exact) mass is 477 g/mol. The number of hydrogen-bond acceptors (Lipinski definition) is 4. The standard InChI is InChI=1S/C26H24ClN3O4/c1-17-6-8-20(9-7-17)12-15-22(32)28-23-24(27)30(26(34)29(3)25(23)33)16-4-5-19-10-13-21(14-11-19)18(2)31/h6-11,13-14H,12,15-16H2,1-3H3,(H,28,32). The molecule has 0 spiro atoms. The van der Waals surface area contributed by atoms with E-state index in [-0.39, 0.29) is 35.5 Å². The Morgan fingerprint density at radius 2 is 1.68 bits per heavy atom. The van der Waals surface area contributed by atoms with E-state index in [2.05, 4.69) is 17.2 Å². The molecule has 0 atom stereocenters. The molecule has 174 valence electrons. The van der Waals surface area contributed by atoms with Gasteiger partial charge in [-0.2, -0.15) is 0 Å². The molecule has 0 radical (unpaired) electrons. The molecule has 7 nitrogen and oxygen atoms in total. The first kappa shape index (κ1) is 24.7. The zero-order valence-electron chi connectivity index (χ0n) is 19.1. The van der Waals surface area contributed by atoms with Gasteiger partial charge < -0.3 is 5.32 Å². The van der Waals surface area contributed by atoms with Crippen LogP contribution in [-0.4, -0.2) is 20.8 Å². The van der Waals surface area contributed by atoms with Gasteiger partial charge in [0.05, 0.1) is 6.54 Å². The van der Waals surface area contributed by atoms with Crippen molar-refractivity contribution in [3.63, 3.8) is 0 Å². The maximum atomic E-state index is 12.6. The van der Waals surface area contributed by atoms with Gasteiger partial charge in [-0.3, -0.25) is 23.5 Å². The van der Waals surface area contributed by atoms with Gasteiger partial charge in [0, 0.05) is 24.6 Å². The number of aromatic nitrogens is 2. The number of aryl methyl sites for hydroxylation is 2. The molecule has 1 N–H and O–H groups in total. The summed E-state index contributed by atoms with van der Waals surface area (Å²) in [5, 5.41) is 2.37. The fourth-order valence-electron chi connectivity index (χ4n) is 3.21. The Morgan fingerprint density at radius 3 is 2.29 bits per heavy atom. The van der Waals surface area contributed by atoms with Gasteiger partial charge in [-0.05, 0) is 38.0 Å². The van der Waals surface area contributed by atoms with E-state index in [1.807, 2.05) is 31.2 Å². The van der Waals surface area contributed by atoms with Gasteiger partial charge in [-0.25, -0.2) is 4.79 Å². The van der Waals surface area contributed by atoms with Crippen LogP contribution in [0.4, 0.5) is 5.69 Å². The molecule has 0 unspecified atom stereocenters. The van der Waals surface area contributed by atoms with Gasteiger partial charge in [0.25, 0.3) is 5.56 Å². The average molecular weight is 478 g/mol. The third kappa shape index (κ3) is 5.91. The summed E-state index contributed by atoms with van der Waals surface area (Å²) in [6.45, 7) is 3.37. The summed E-state index contributed by atoms with van der Waals surface area (Å²) < 4.78 is 2.00. The van der Waals surface area contributed by atoms with Crippen LogP contribution in [0.15, 0.2) is 58.1 Å². The van der Waals surface area contributed by atoms with E-state index in [1.165, 1.54) is 14.0 Å². The molecule has 0 saturated heterocycles. The summed E-state index contributed by atoms with van der Waals surface area (Å²) in [4.78, 5) is 49.0. The van der Waals surface area contributed by atoms with Crippen LogP contribution in [0.2, 0.25) is 5.15 Å². The van der Waals surface area contributed by atoms with E-state index in [0.717, 1.165) is 20.3 Å². The van der Waals surface area contributed by atoms with Crippen molar-refractivity contribution in [2.45, 2.75) is 33.2 Å². The van der Waals surface area contributed by atoms with Crippen LogP contribution in [0.5, 0.6) is 0 Å². The second-order valence-corrected chi connectivity index (χ2v) is 8.23. The predicted molar refractivity (Wildman–Crippen MR) is 132 cm³/mol. The van der Waals surface area contributed by atoms with Gasteiger partial charge in [0.1, 0.15) is 10.8 Å². The van der Waals surface area contributed by atoms with E-state index in [9.17, 15) is 19.2 Å². The van der Waals surface area contributed by atoms with Crippen molar-refractivity contribution in [1.29, 1.82) is 0 Å². The minimum Gasteiger partial charge on any atom is -0.319 e. The fraction of sp³-hybridized carbons (Fsp3) is 0.231. The lowest BCUT2D eigenvalue weighted by atomic mass is 10.1. The molecule has 34 heavy (non-hydrogen) atoms. The Labute approximate surface area is 202 Å². The number of halogens is 1. The minimum atomic E-state index is -0.692. The van der Waals surface area contributed by atoms with Gasteiger partial charge in [-0.1, -0.05) is 65.4 Å². The van der Waals surface area contributed by atoms with E-state index in [1.54, 1.807) is 24.3 Å². The Hall–Kier alpha value is -3.89. The number of ketones is 1. The van der Waals surface area contributed by atoms with Crippen molar-refractivity contribution >= 4 is 29.0 Å². The van der Waals surface area contributed by atoms with Gasteiger partial charge >= 0.3 is 5.69 Å². The first-order chi connectivity index (χ1) is 16.2. The lowest BCUT2D eigenvalue weighted by Crippen LogP contribution is -2.40. The molecule has 8 heteroatoms. The molecule has 0 aliphatic carbocycles. The largest absolute Gasteiger partial charge is 0.332 e. The lowest BCUT2D eigenvalue weighted by molar-refractivity contribution is -0.116. The lowest BCUT2D eigenvalue weighted by Gasteiger charge is -2.13. The van der Waals surface area contributed by atoms with E-state index < -0.39 is 11.2 Å². The zero-order valence-corrected chi connectivity index (χ0v) is 19.9. The molecule has 0 aliphatic heterocycles. The smallest absolute Gasteiger partial charge is 0.319 e. The Balaban J connectivity index is 1.78. The number of benzene rings is 2. The number of rotatable bonds is 6. The molecule has 0 aliphatic rings. The first-order valence-corrected chi connectivity index (χ1v) is 11.0. The molecule has 1 amide bonds. The quantitative estimate of drug-likeness (QED) is 0.335. The third-order valence-corrected chi connectivity index (χ3v) is 5.66. The molecule has 3 rings (SSSR count). The number of carbonyl (C=O) groups excluding carboxylic acids is 2. The highest BCUT2D eigenvalue weighted by Crippen LogP contribution is 2.16.